The zero-order chi connectivity index (χ0) is 14.6. The lowest BCUT2D eigenvalue weighted by molar-refractivity contribution is -0.121. The molecule has 1 fully saturated rings. The average molecular weight is 293 g/mol. The first-order valence-electron chi connectivity index (χ1n) is 7.08. The van der Waals surface area contributed by atoms with E-state index in [1.54, 1.807) is 11.8 Å². The van der Waals surface area contributed by atoms with Gasteiger partial charge < -0.3 is 10.4 Å². The summed E-state index contributed by atoms with van der Waals surface area (Å²) in [6, 6.07) is 8.34. The monoisotopic (exact) mass is 293 g/mol. The van der Waals surface area contributed by atoms with Gasteiger partial charge in [-0.1, -0.05) is 29.8 Å². The van der Waals surface area contributed by atoms with Gasteiger partial charge in [0.05, 0.1) is 17.9 Å². The number of aliphatic hydroxyl groups is 1. The fourth-order valence-electron chi connectivity index (χ4n) is 2.41. The minimum Gasteiger partial charge on any atom is -0.394 e. The van der Waals surface area contributed by atoms with Crippen molar-refractivity contribution >= 4 is 17.7 Å². The highest BCUT2D eigenvalue weighted by molar-refractivity contribution is 7.99. The zero-order valence-electron chi connectivity index (χ0n) is 12.2. The van der Waals surface area contributed by atoms with Crippen molar-refractivity contribution in [1.82, 2.24) is 5.32 Å². The number of aryl methyl sites for hydroxylation is 1. The maximum absolute atomic E-state index is 12.0. The van der Waals surface area contributed by atoms with Crippen LogP contribution in [0.25, 0.3) is 0 Å². The molecule has 1 aromatic carbocycles. The van der Waals surface area contributed by atoms with Gasteiger partial charge in [-0.05, 0) is 38.2 Å². The van der Waals surface area contributed by atoms with Gasteiger partial charge >= 0.3 is 0 Å². The summed E-state index contributed by atoms with van der Waals surface area (Å²) in [6.45, 7) is 4.03. The number of amides is 1. The molecule has 20 heavy (non-hydrogen) atoms. The highest BCUT2D eigenvalue weighted by Crippen LogP contribution is 2.39. The lowest BCUT2D eigenvalue weighted by Gasteiger charge is -2.28. The van der Waals surface area contributed by atoms with Gasteiger partial charge in [-0.15, -0.1) is 11.8 Å². The van der Waals surface area contributed by atoms with Crippen molar-refractivity contribution < 1.29 is 9.90 Å². The maximum atomic E-state index is 12.0. The van der Waals surface area contributed by atoms with Crippen LogP contribution in [-0.4, -0.2) is 28.9 Å². The number of thioether (sulfide) groups is 1. The minimum atomic E-state index is -0.430. The Labute approximate surface area is 125 Å². The first-order valence-corrected chi connectivity index (χ1v) is 8.24. The van der Waals surface area contributed by atoms with Crippen LogP contribution in [0.15, 0.2) is 24.3 Å². The molecule has 0 bridgehead atoms. The highest BCUT2D eigenvalue weighted by atomic mass is 32.2. The molecular formula is C16H23NO2S. The molecule has 0 aromatic heterocycles. The Morgan fingerprint density at radius 1 is 1.50 bits per heavy atom. The van der Waals surface area contributed by atoms with Crippen LogP contribution >= 0.6 is 11.8 Å². The molecule has 1 aromatic rings. The molecule has 110 valence electrons. The molecular weight excluding hydrogens is 270 g/mol. The van der Waals surface area contributed by atoms with Crippen molar-refractivity contribution in [2.24, 2.45) is 5.92 Å². The normalized spacial score (nSPS) is 17.6. The summed E-state index contributed by atoms with van der Waals surface area (Å²) < 4.78 is 0. The molecule has 0 heterocycles. The van der Waals surface area contributed by atoms with Gasteiger partial charge in [0.2, 0.25) is 5.91 Å². The minimum absolute atomic E-state index is 0.0195. The molecule has 1 aliphatic carbocycles. The van der Waals surface area contributed by atoms with Gasteiger partial charge in [0, 0.05) is 5.75 Å². The molecule has 1 atom stereocenters. The average Bonchev–Trinajstić information content (AvgIpc) is 3.23. The third kappa shape index (κ3) is 4.25. The predicted octanol–water partition coefficient (Wildman–Crippen LogP) is 2.51. The van der Waals surface area contributed by atoms with E-state index in [1.165, 1.54) is 11.1 Å². The number of nitrogens with one attached hydrogen (secondary N) is 1. The van der Waals surface area contributed by atoms with E-state index in [0.29, 0.717) is 11.7 Å². The van der Waals surface area contributed by atoms with Crippen LogP contribution in [0.1, 0.15) is 30.9 Å². The van der Waals surface area contributed by atoms with Crippen molar-refractivity contribution in [2.45, 2.75) is 38.0 Å². The Hall–Kier alpha value is -1.00. The summed E-state index contributed by atoms with van der Waals surface area (Å²) in [5, 5.41) is 12.4. The SMILES string of the molecule is Cc1cccc(CSCC(=O)NC(C)(CO)C2CC2)c1. The molecule has 1 aliphatic rings. The number of benzene rings is 1. The smallest absolute Gasteiger partial charge is 0.230 e. The number of rotatable bonds is 7. The number of hydrogen-bond acceptors (Lipinski definition) is 3. The highest BCUT2D eigenvalue weighted by Gasteiger charge is 2.41. The van der Waals surface area contributed by atoms with Crippen molar-refractivity contribution in [2.75, 3.05) is 12.4 Å². The Morgan fingerprint density at radius 3 is 2.85 bits per heavy atom. The lowest BCUT2D eigenvalue weighted by Crippen LogP contribution is -2.51. The molecule has 3 nitrogen and oxygen atoms in total. The van der Waals surface area contributed by atoms with E-state index in [2.05, 4.69) is 30.4 Å². The second kappa shape index (κ2) is 6.64. The number of aliphatic hydroxyl groups excluding tert-OH is 1. The summed E-state index contributed by atoms with van der Waals surface area (Å²) in [5.41, 5.74) is 2.06. The molecule has 0 saturated heterocycles. The first-order chi connectivity index (χ1) is 9.53. The lowest BCUT2D eigenvalue weighted by atomic mass is 9.97. The Kier molecular flexibility index (Phi) is 5.11. The van der Waals surface area contributed by atoms with Crippen molar-refractivity contribution in [1.29, 1.82) is 0 Å². The zero-order valence-corrected chi connectivity index (χ0v) is 13.0. The second-order valence-electron chi connectivity index (χ2n) is 5.88. The largest absolute Gasteiger partial charge is 0.394 e. The molecule has 2 rings (SSSR count). The van der Waals surface area contributed by atoms with Crippen LogP contribution in [0.5, 0.6) is 0 Å². The third-order valence-electron chi connectivity index (χ3n) is 3.82. The standard InChI is InChI=1S/C16H23NO2S/c1-12-4-3-5-13(8-12)9-20-10-15(19)17-16(2,11-18)14-6-7-14/h3-5,8,14,18H,6-7,9-11H2,1-2H3,(H,17,19). The van der Waals surface area contributed by atoms with E-state index in [-0.39, 0.29) is 12.5 Å². The molecule has 2 N–H and O–H groups in total. The van der Waals surface area contributed by atoms with Gasteiger partial charge in [0.15, 0.2) is 0 Å². The van der Waals surface area contributed by atoms with Gasteiger partial charge in [-0.25, -0.2) is 0 Å². The van der Waals surface area contributed by atoms with E-state index >= 15 is 0 Å². The van der Waals surface area contributed by atoms with Crippen LogP contribution in [0, 0.1) is 12.8 Å². The van der Waals surface area contributed by atoms with E-state index in [4.69, 9.17) is 0 Å². The predicted molar refractivity (Wildman–Crippen MR) is 83.7 cm³/mol. The van der Waals surface area contributed by atoms with E-state index < -0.39 is 5.54 Å². The van der Waals surface area contributed by atoms with E-state index in [0.717, 1.165) is 18.6 Å². The van der Waals surface area contributed by atoms with Crippen LogP contribution in [0.3, 0.4) is 0 Å². The molecule has 1 unspecified atom stereocenters. The van der Waals surface area contributed by atoms with E-state index in [1.807, 2.05) is 13.0 Å². The Balaban J connectivity index is 1.75. The van der Waals surface area contributed by atoms with Crippen LogP contribution in [0.4, 0.5) is 0 Å². The summed E-state index contributed by atoms with van der Waals surface area (Å²) in [4.78, 5) is 12.0. The van der Waals surface area contributed by atoms with Crippen molar-refractivity contribution in [3.8, 4) is 0 Å². The summed E-state index contributed by atoms with van der Waals surface area (Å²) in [7, 11) is 0. The van der Waals surface area contributed by atoms with E-state index in [9.17, 15) is 9.90 Å². The van der Waals surface area contributed by atoms with Crippen LogP contribution in [-0.2, 0) is 10.5 Å². The van der Waals surface area contributed by atoms with Gasteiger partial charge in [0.1, 0.15) is 0 Å². The fourth-order valence-corrected chi connectivity index (χ4v) is 3.18. The Morgan fingerprint density at radius 2 is 2.25 bits per heavy atom. The number of hydrogen-bond donors (Lipinski definition) is 2. The quantitative estimate of drug-likeness (QED) is 0.812. The topological polar surface area (TPSA) is 49.3 Å². The van der Waals surface area contributed by atoms with Crippen LogP contribution < -0.4 is 5.32 Å². The molecule has 1 saturated carbocycles. The molecule has 0 radical (unpaired) electrons. The second-order valence-corrected chi connectivity index (χ2v) is 6.87. The third-order valence-corrected chi connectivity index (χ3v) is 4.82. The number of carbonyl (C=O) groups excluding carboxylic acids is 1. The van der Waals surface area contributed by atoms with Gasteiger partial charge in [-0.3, -0.25) is 4.79 Å². The molecule has 0 spiro atoms. The van der Waals surface area contributed by atoms with Crippen LogP contribution in [0.2, 0.25) is 0 Å². The summed E-state index contributed by atoms with van der Waals surface area (Å²) in [6.07, 6.45) is 2.21. The van der Waals surface area contributed by atoms with Crippen molar-refractivity contribution in [3.05, 3.63) is 35.4 Å². The van der Waals surface area contributed by atoms with Gasteiger partial charge in [-0.2, -0.15) is 0 Å². The first kappa shape index (κ1) is 15.4. The molecule has 4 heteroatoms. The van der Waals surface area contributed by atoms with Gasteiger partial charge in [0.25, 0.3) is 0 Å². The van der Waals surface area contributed by atoms with Crippen molar-refractivity contribution in [3.63, 3.8) is 0 Å². The molecule has 0 aliphatic heterocycles. The fraction of sp³-hybridized carbons (Fsp3) is 0.562. The number of carbonyl (C=O) groups is 1. The maximum Gasteiger partial charge on any atom is 0.230 e. The summed E-state index contributed by atoms with van der Waals surface area (Å²) >= 11 is 1.61. The Bertz CT molecular complexity index is 473. The summed E-state index contributed by atoms with van der Waals surface area (Å²) in [5.74, 6) is 1.74. The molecule has 1 amide bonds.